The minimum absolute atomic E-state index is 0.00530. The smallest absolute Gasteiger partial charge is 0.230 e. The molecule has 1 saturated carbocycles. The summed E-state index contributed by atoms with van der Waals surface area (Å²) in [5, 5.41) is 6.59. The highest BCUT2D eigenvalue weighted by atomic mass is 32.1. The number of hydrogen-bond donors (Lipinski definition) is 1. The largest absolute Gasteiger partial charge is 0.344 e. The second kappa shape index (κ2) is 6.16. The standard InChI is InChI=1S/C18H19N3OS/c22-17(20-18-19-9-10-23-18)11-13-12-21(14-5-1-2-6-14)16-8-4-3-7-15(13)16/h3-4,7-10,12,14H,1-2,5-6,11H2,(H,19,20,22). The van der Waals surface area contributed by atoms with Gasteiger partial charge in [0.2, 0.25) is 5.91 Å². The zero-order valence-corrected chi connectivity index (χ0v) is 13.7. The van der Waals surface area contributed by atoms with Gasteiger partial charge in [-0.25, -0.2) is 4.98 Å². The summed E-state index contributed by atoms with van der Waals surface area (Å²) < 4.78 is 2.38. The number of thiazole rings is 1. The molecule has 1 amide bonds. The molecule has 5 heteroatoms. The van der Waals surface area contributed by atoms with Crippen molar-refractivity contribution in [2.75, 3.05) is 5.32 Å². The summed E-state index contributed by atoms with van der Waals surface area (Å²) in [6.07, 6.45) is 9.36. The SMILES string of the molecule is O=C(Cc1cn(C2CCCC2)c2ccccc12)Nc1nccs1. The number of benzene rings is 1. The third-order valence-corrected chi connectivity index (χ3v) is 5.26. The molecule has 1 aliphatic carbocycles. The molecular weight excluding hydrogens is 306 g/mol. The molecule has 4 rings (SSSR count). The van der Waals surface area contributed by atoms with Crippen LogP contribution < -0.4 is 5.32 Å². The van der Waals surface area contributed by atoms with Crippen molar-refractivity contribution in [3.8, 4) is 0 Å². The Labute approximate surface area is 139 Å². The number of hydrogen-bond acceptors (Lipinski definition) is 3. The van der Waals surface area contributed by atoms with E-state index in [9.17, 15) is 4.79 Å². The molecule has 0 aliphatic heterocycles. The lowest BCUT2D eigenvalue weighted by molar-refractivity contribution is -0.115. The van der Waals surface area contributed by atoms with Crippen molar-refractivity contribution < 1.29 is 4.79 Å². The van der Waals surface area contributed by atoms with Crippen LogP contribution in [-0.2, 0) is 11.2 Å². The molecule has 4 nitrogen and oxygen atoms in total. The Balaban J connectivity index is 1.62. The first kappa shape index (κ1) is 14.5. The molecule has 2 heterocycles. The first-order chi connectivity index (χ1) is 11.3. The molecule has 118 valence electrons. The van der Waals surface area contributed by atoms with Gasteiger partial charge in [0, 0.05) is 34.7 Å². The molecule has 3 aromatic rings. The molecule has 0 atom stereocenters. The zero-order chi connectivity index (χ0) is 15.6. The highest BCUT2D eigenvalue weighted by molar-refractivity contribution is 7.13. The van der Waals surface area contributed by atoms with Crippen LogP contribution in [0, 0.1) is 0 Å². The fourth-order valence-corrected chi connectivity index (χ4v) is 4.07. The Bertz CT molecular complexity index is 816. The molecule has 1 fully saturated rings. The molecule has 23 heavy (non-hydrogen) atoms. The number of anilines is 1. The topological polar surface area (TPSA) is 46.9 Å². The van der Waals surface area contributed by atoms with Crippen molar-refractivity contribution in [3.05, 3.63) is 47.6 Å². The summed E-state index contributed by atoms with van der Waals surface area (Å²) in [4.78, 5) is 16.4. The molecule has 1 aromatic carbocycles. The van der Waals surface area contributed by atoms with Gasteiger partial charge in [-0.2, -0.15) is 0 Å². The van der Waals surface area contributed by atoms with E-state index in [-0.39, 0.29) is 5.91 Å². The van der Waals surface area contributed by atoms with Crippen molar-refractivity contribution in [1.82, 2.24) is 9.55 Å². The molecule has 0 bridgehead atoms. The van der Waals surface area contributed by atoms with E-state index in [1.165, 1.54) is 47.9 Å². The lowest BCUT2D eigenvalue weighted by Crippen LogP contribution is -2.14. The van der Waals surface area contributed by atoms with Crippen LogP contribution in [0.15, 0.2) is 42.0 Å². The van der Waals surface area contributed by atoms with Crippen molar-refractivity contribution in [3.63, 3.8) is 0 Å². The number of nitrogens with zero attached hydrogens (tertiary/aromatic N) is 2. The molecule has 0 unspecified atom stereocenters. The van der Waals surface area contributed by atoms with E-state index in [0.29, 0.717) is 17.6 Å². The van der Waals surface area contributed by atoms with Crippen LogP contribution in [0.3, 0.4) is 0 Å². The lowest BCUT2D eigenvalue weighted by Gasteiger charge is -2.13. The van der Waals surface area contributed by atoms with Gasteiger partial charge in [0.05, 0.1) is 6.42 Å². The van der Waals surface area contributed by atoms with Gasteiger partial charge in [0.25, 0.3) is 0 Å². The quantitative estimate of drug-likeness (QED) is 0.773. The van der Waals surface area contributed by atoms with Crippen molar-refractivity contribution >= 4 is 33.3 Å². The highest BCUT2D eigenvalue weighted by Gasteiger charge is 2.20. The van der Waals surface area contributed by atoms with Crippen molar-refractivity contribution in [2.24, 2.45) is 0 Å². The summed E-state index contributed by atoms with van der Waals surface area (Å²) in [5.74, 6) is -0.00530. The summed E-state index contributed by atoms with van der Waals surface area (Å²) in [7, 11) is 0. The van der Waals surface area contributed by atoms with E-state index < -0.39 is 0 Å². The third-order valence-electron chi connectivity index (χ3n) is 4.57. The van der Waals surface area contributed by atoms with E-state index in [4.69, 9.17) is 0 Å². The van der Waals surface area contributed by atoms with Gasteiger partial charge < -0.3 is 9.88 Å². The molecule has 2 aromatic heterocycles. The van der Waals surface area contributed by atoms with E-state index in [0.717, 1.165) is 5.56 Å². The van der Waals surface area contributed by atoms with Gasteiger partial charge in [0.1, 0.15) is 0 Å². The van der Waals surface area contributed by atoms with Gasteiger partial charge in [-0.3, -0.25) is 4.79 Å². The molecule has 1 aliphatic rings. The first-order valence-corrected chi connectivity index (χ1v) is 8.97. The second-order valence-electron chi connectivity index (χ2n) is 6.08. The minimum Gasteiger partial charge on any atom is -0.344 e. The number of para-hydroxylation sites is 1. The molecular formula is C18H19N3OS. The first-order valence-electron chi connectivity index (χ1n) is 8.09. The molecule has 0 radical (unpaired) electrons. The van der Waals surface area contributed by atoms with Crippen LogP contribution in [0.25, 0.3) is 10.9 Å². The fraction of sp³-hybridized carbons (Fsp3) is 0.333. The Morgan fingerprint density at radius 3 is 2.91 bits per heavy atom. The summed E-state index contributed by atoms with van der Waals surface area (Å²) in [6, 6.07) is 8.98. The average Bonchev–Trinajstić information content (AvgIpc) is 3.28. The van der Waals surface area contributed by atoms with Crippen molar-refractivity contribution in [2.45, 2.75) is 38.1 Å². The molecule has 1 N–H and O–H groups in total. The normalized spacial score (nSPS) is 15.3. The third kappa shape index (κ3) is 2.88. The van der Waals surface area contributed by atoms with Crippen LogP contribution in [0.5, 0.6) is 0 Å². The highest BCUT2D eigenvalue weighted by Crippen LogP contribution is 2.34. The molecule has 0 spiro atoms. The Kier molecular flexibility index (Phi) is 3.87. The van der Waals surface area contributed by atoms with E-state index >= 15 is 0 Å². The van der Waals surface area contributed by atoms with Crippen LogP contribution >= 0.6 is 11.3 Å². The number of aromatic nitrogens is 2. The monoisotopic (exact) mass is 325 g/mol. The number of rotatable bonds is 4. The van der Waals surface area contributed by atoms with Gasteiger partial charge >= 0.3 is 0 Å². The van der Waals surface area contributed by atoms with E-state index in [2.05, 4.69) is 39.3 Å². The number of nitrogens with one attached hydrogen (secondary N) is 1. The number of fused-ring (bicyclic) bond motifs is 1. The van der Waals surface area contributed by atoms with Crippen LogP contribution in [0.4, 0.5) is 5.13 Å². The van der Waals surface area contributed by atoms with Crippen LogP contribution in [0.2, 0.25) is 0 Å². The van der Waals surface area contributed by atoms with Gasteiger partial charge in [-0.1, -0.05) is 31.0 Å². The Morgan fingerprint density at radius 2 is 2.13 bits per heavy atom. The van der Waals surface area contributed by atoms with Crippen LogP contribution in [-0.4, -0.2) is 15.5 Å². The maximum absolute atomic E-state index is 12.3. The zero-order valence-electron chi connectivity index (χ0n) is 12.9. The number of amides is 1. The van der Waals surface area contributed by atoms with Crippen LogP contribution in [0.1, 0.15) is 37.3 Å². The fourth-order valence-electron chi connectivity index (χ4n) is 3.52. The second-order valence-corrected chi connectivity index (χ2v) is 6.97. The Morgan fingerprint density at radius 1 is 1.30 bits per heavy atom. The van der Waals surface area contributed by atoms with Gasteiger partial charge in [-0.15, -0.1) is 11.3 Å². The summed E-state index contributed by atoms with van der Waals surface area (Å²) >= 11 is 1.44. The summed E-state index contributed by atoms with van der Waals surface area (Å²) in [6.45, 7) is 0. The van der Waals surface area contributed by atoms with Gasteiger partial charge in [0.15, 0.2) is 5.13 Å². The van der Waals surface area contributed by atoms with E-state index in [1.807, 2.05) is 11.4 Å². The predicted octanol–water partition coefficient (Wildman–Crippen LogP) is 4.39. The van der Waals surface area contributed by atoms with Gasteiger partial charge in [-0.05, 0) is 24.5 Å². The number of carbonyl (C=O) groups excluding carboxylic acids is 1. The Hall–Kier alpha value is -2.14. The average molecular weight is 325 g/mol. The summed E-state index contributed by atoms with van der Waals surface area (Å²) in [5.41, 5.74) is 2.35. The van der Waals surface area contributed by atoms with E-state index in [1.54, 1.807) is 6.20 Å². The lowest BCUT2D eigenvalue weighted by atomic mass is 10.1. The maximum atomic E-state index is 12.3. The van der Waals surface area contributed by atoms with Crippen molar-refractivity contribution in [1.29, 1.82) is 0 Å². The maximum Gasteiger partial charge on any atom is 0.230 e. The molecule has 0 saturated heterocycles. The predicted molar refractivity (Wildman–Crippen MR) is 93.9 cm³/mol. The number of carbonyl (C=O) groups is 1. The minimum atomic E-state index is -0.00530.